The zero-order valence-electron chi connectivity index (χ0n) is 19.0. The molecule has 0 bridgehead atoms. The maximum atomic E-state index is 9.43. The molecule has 0 aliphatic carbocycles. The number of rotatable bonds is 19. The number of aliphatic carboxylic acids is 2. The van der Waals surface area contributed by atoms with E-state index in [2.05, 4.69) is 31.6 Å². The van der Waals surface area contributed by atoms with Gasteiger partial charge in [-0.3, -0.25) is 9.59 Å². The van der Waals surface area contributed by atoms with Crippen LogP contribution >= 0.6 is 0 Å². The average molecular weight is 393 g/mol. The van der Waals surface area contributed by atoms with Crippen LogP contribution in [0.2, 0.25) is 5.09 Å². The molecule has 28 heavy (non-hydrogen) atoms. The van der Waals surface area contributed by atoms with Gasteiger partial charge in [-0.05, 0) is 0 Å². The zero-order valence-corrected chi connectivity index (χ0v) is 19.0. The first-order valence-electron chi connectivity index (χ1n) is 11.9. The first kappa shape index (κ1) is 29.7. The van der Waals surface area contributed by atoms with Crippen molar-refractivity contribution in [2.24, 2.45) is 5.92 Å². The Kier molecular flexibility index (Phi) is 26.1. The van der Waals surface area contributed by atoms with E-state index in [1.165, 1.54) is 108 Å². The van der Waals surface area contributed by atoms with Crippen LogP contribution in [0, 0.1) is 5.92 Å². The minimum Gasteiger partial charge on any atom is -0.0654 e. The molecule has 0 aliphatic heterocycles. The number of unbranched alkanes of at least 4 members (excludes halogenated alkanes) is 12. The number of carboxylic acids is 2. The van der Waals surface area contributed by atoms with Gasteiger partial charge in [0.1, 0.15) is 6.42 Å². The third-order valence-electron chi connectivity index (χ3n) is 5.31. The standard InChI is InChI=1S/C20H41.C3H4O4.Li/c1-4-6-8-10-11-12-13-14-15-17-19-20(3)18-16-9-7-5-2;4-2(5)1-3(6)7;/h20H,3-19H2,1-2H3;1H2,(H,4,5)(H,6,7);. The molecule has 0 saturated heterocycles. The van der Waals surface area contributed by atoms with Crippen molar-refractivity contribution < 1.29 is 19.8 Å². The molecule has 0 saturated carbocycles. The van der Waals surface area contributed by atoms with E-state index in [4.69, 9.17) is 10.2 Å². The fourth-order valence-corrected chi connectivity index (χ4v) is 3.46. The van der Waals surface area contributed by atoms with Gasteiger partial charge in [0.2, 0.25) is 0 Å². The SMILES string of the molecule is O=C(O)CC(=O)O.[Li][CH2]C(CCCCCC)CCCCCCCCCCCC. The predicted octanol–water partition coefficient (Wildman–Crippen LogP) is 7.02. The summed E-state index contributed by atoms with van der Waals surface area (Å²) >= 11 is 2.39. The summed E-state index contributed by atoms with van der Waals surface area (Å²) in [5.41, 5.74) is 0. The summed E-state index contributed by atoms with van der Waals surface area (Å²) in [4.78, 5) is 18.9. The van der Waals surface area contributed by atoms with Crippen LogP contribution in [-0.2, 0) is 9.59 Å². The molecule has 1 atom stereocenters. The van der Waals surface area contributed by atoms with Gasteiger partial charge in [-0.2, -0.15) is 0 Å². The summed E-state index contributed by atoms with van der Waals surface area (Å²) in [5.74, 6) is -1.60. The van der Waals surface area contributed by atoms with E-state index in [0.717, 1.165) is 5.92 Å². The Hall–Kier alpha value is -0.463. The van der Waals surface area contributed by atoms with Crippen molar-refractivity contribution in [2.45, 2.75) is 128 Å². The molecule has 162 valence electrons. The Labute approximate surface area is 183 Å². The van der Waals surface area contributed by atoms with E-state index in [1.807, 2.05) is 0 Å². The van der Waals surface area contributed by atoms with E-state index in [1.54, 1.807) is 0 Å². The average Bonchev–Trinajstić information content (AvgIpc) is 2.64. The summed E-state index contributed by atoms with van der Waals surface area (Å²) in [5, 5.41) is 16.8. The van der Waals surface area contributed by atoms with E-state index in [0.29, 0.717) is 0 Å². The van der Waals surface area contributed by atoms with Gasteiger partial charge in [0, 0.05) is 0 Å². The van der Waals surface area contributed by atoms with E-state index in [9.17, 15) is 9.59 Å². The maximum absolute atomic E-state index is 9.43. The van der Waals surface area contributed by atoms with Gasteiger partial charge >= 0.3 is 144 Å². The number of carboxylic acid groups (broad SMARTS) is 2. The van der Waals surface area contributed by atoms with Gasteiger partial charge < -0.3 is 10.2 Å². The van der Waals surface area contributed by atoms with Gasteiger partial charge in [0.05, 0.1) is 0 Å². The molecule has 0 aromatic rings. The second-order valence-corrected chi connectivity index (χ2v) is 8.06. The monoisotopic (exact) mass is 392 g/mol. The molecule has 5 heteroatoms. The molecule has 4 nitrogen and oxygen atoms in total. The summed E-state index contributed by atoms with van der Waals surface area (Å²) < 4.78 is 0. The fraction of sp³-hybridized carbons (Fsp3) is 0.913. The van der Waals surface area contributed by atoms with Crippen LogP contribution in [0.3, 0.4) is 0 Å². The van der Waals surface area contributed by atoms with Crippen molar-refractivity contribution in [1.29, 1.82) is 0 Å². The smallest absolute Gasteiger partial charge is 0.0654 e. The van der Waals surface area contributed by atoms with Crippen LogP contribution in [0.1, 0.15) is 123 Å². The normalized spacial score (nSPS) is 11.6. The van der Waals surface area contributed by atoms with Gasteiger partial charge in [-0.15, -0.1) is 0 Å². The van der Waals surface area contributed by atoms with Gasteiger partial charge in [-0.25, -0.2) is 0 Å². The van der Waals surface area contributed by atoms with Gasteiger partial charge in [0.25, 0.3) is 0 Å². The minimum atomic E-state index is -1.31. The third-order valence-corrected chi connectivity index (χ3v) is 5.31. The second-order valence-electron chi connectivity index (χ2n) is 8.06. The van der Waals surface area contributed by atoms with Crippen LogP contribution in [0.5, 0.6) is 0 Å². The van der Waals surface area contributed by atoms with Crippen molar-refractivity contribution in [2.75, 3.05) is 0 Å². The summed E-state index contributed by atoms with van der Waals surface area (Å²) in [6.07, 6.45) is 22.6. The molecule has 0 spiro atoms. The molecular weight excluding hydrogens is 347 g/mol. The second kappa shape index (κ2) is 24.6. The Morgan fingerprint density at radius 3 is 1.25 bits per heavy atom. The van der Waals surface area contributed by atoms with Gasteiger partial charge in [-0.1, -0.05) is 13.3 Å². The predicted molar refractivity (Wildman–Crippen MR) is 119 cm³/mol. The third kappa shape index (κ3) is 27.8. The molecule has 1 unspecified atom stereocenters. The van der Waals surface area contributed by atoms with Crippen molar-refractivity contribution in [3.63, 3.8) is 0 Å². The summed E-state index contributed by atoms with van der Waals surface area (Å²) in [7, 11) is 0. The molecular formula is C23H45LiO4. The van der Waals surface area contributed by atoms with Crippen LogP contribution in [0.25, 0.3) is 0 Å². The molecule has 0 aromatic carbocycles. The quantitative estimate of drug-likeness (QED) is 0.141. The molecule has 0 heterocycles. The van der Waals surface area contributed by atoms with Crippen LogP contribution in [0.15, 0.2) is 0 Å². The molecule has 0 fully saturated rings. The van der Waals surface area contributed by atoms with E-state index in [-0.39, 0.29) is 0 Å². The summed E-state index contributed by atoms with van der Waals surface area (Å²) in [6, 6.07) is 0. The molecule has 0 amide bonds. The first-order valence-corrected chi connectivity index (χ1v) is 11.9. The van der Waals surface area contributed by atoms with Crippen molar-refractivity contribution in [1.82, 2.24) is 0 Å². The molecule has 0 aromatic heterocycles. The number of carbonyl (C=O) groups is 2. The summed E-state index contributed by atoms with van der Waals surface area (Å²) in [6.45, 7) is 4.61. The zero-order chi connectivity index (χ0) is 21.5. The van der Waals surface area contributed by atoms with E-state index < -0.39 is 18.4 Å². The first-order chi connectivity index (χ1) is 13.5. The van der Waals surface area contributed by atoms with Crippen molar-refractivity contribution in [3.05, 3.63) is 0 Å². The Bertz CT molecular complexity index is 335. The number of hydrogen-bond acceptors (Lipinski definition) is 2. The topological polar surface area (TPSA) is 74.6 Å². The van der Waals surface area contributed by atoms with Crippen molar-refractivity contribution in [3.8, 4) is 0 Å². The molecule has 2 N–H and O–H groups in total. The van der Waals surface area contributed by atoms with Crippen LogP contribution in [0.4, 0.5) is 0 Å². The van der Waals surface area contributed by atoms with Gasteiger partial charge in [0.15, 0.2) is 0 Å². The van der Waals surface area contributed by atoms with Crippen LogP contribution < -0.4 is 0 Å². The Balaban J connectivity index is 0. The molecule has 0 aliphatic rings. The minimum absolute atomic E-state index is 0.806. The van der Waals surface area contributed by atoms with Crippen LogP contribution in [-0.4, -0.2) is 39.9 Å². The number of hydrogen-bond donors (Lipinski definition) is 2. The molecule has 0 radical (unpaired) electrons. The Morgan fingerprint density at radius 2 is 0.964 bits per heavy atom. The fourth-order valence-electron chi connectivity index (χ4n) is 3.46. The van der Waals surface area contributed by atoms with E-state index >= 15 is 0 Å². The molecule has 0 rings (SSSR count). The van der Waals surface area contributed by atoms with Crippen molar-refractivity contribution >= 4 is 29.7 Å². The Morgan fingerprint density at radius 1 is 0.643 bits per heavy atom.